The summed E-state index contributed by atoms with van der Waals surface area (Å²) < 4.78 is 45.6. The SMILES string of the molecule is COc1ccc(CCN(C(=O)C(F)(F)F)[C@H](C(=O)NC2CCCCC2)c2cccs2)cc1. The predicted octanol–water partition coefficient (Wildman–Crippen LogP) is 4.88. The molecule has 0 bridgehead atoms. The van der Waals surface area contributed by atoms with Crippen LogP contribution >= 0.6 is 11.3 Å². The Bertz CT molecular complexity index is 879. The predicted molar refractivity (Wildman–Crippen MR) is 117 cm³/mol. The molecule has 5 nitrogen and oxygen atoms in total. The minimum absolute atomic E-state index is 0.0804. The maximum absolute atomic E-state index is 13.5. The summed E-state index contributed by atoms with van der Waals surface area (Å²) in [5.74, 6) is -1.95. The van der Waals surface area contributed by atoms with Crippen LogP contribution in [0, 0.1) is 0 Å². The Morgan fingerprint density at radius 1 is 1.16 bits per heavy atom. The van der Waals surface area contributed by atoms with Crippen molar-refractivity contribution in [1.29, 1.82) is 0 Å². The summed E-state index contributed by atoms with van der Waals surface area (Å²) in [6, 6.07) is 8.73. The van der Waals surface area contributed by atoms with Crippen molar-refractivity contribution in [1.82, 2.24) is 10.2 Å². The van der Waals surface area contributed by atoms with Gasteiger partial charge in [0.1, 0.15) is 11.8 Å². The number of ether oxygens (including phenoxy) is 1. The van der Waals surface area contributed by atoms with Gasteiger partial charge in [0.2, 0.25) is 5.91 Å². The van der Waals surface area contributed by atoms with Gasteiger partial charge in [-0.1, -0.05) is 37.5 Å². The minimum Gasteiger partial charge on any atom is -0.497 e. The monoisotopic (exact) mass is 468 g/mol. The van der Waals surface area contributed by atoms with E-state index in [0.29, 0.717) is 15.5 Å². The molecule has 1 aromatic carbocycles. The first-order valence-corrected chi connectivity index (χ1v) is 11.5. The molecule has 9 heteroatoms. The summed E-state index contributed by atoms with van der Waals surface area (Å²) in [5, 5.41) is 4.59. The standard InChI is InChI=1S/C23H27F3N2O3S/c1-31-18-11-9-16(10-12-18)13-14-28(22(30)23(24,25)26)20(19-8-5-15-32-19)21(29)27-17-6-3-2-4-7-17/h5,8-12,15,17,20H,2-4,6-7,13-14H2,1H3,(H,27,29)/t20-/m0/s1. The molecule has 1 heterocycles. The Balaban J connectivity index is 1.86. The lowest BCUT2D eigenvalue weighted by molar-refractivity contribution is -0.188. The number of benzene rings is 1. The molecule has 0 spiro atoms. The van der Waals surface area contributed by atoms with Gasteiger partial charge in [0.05, 0.1) is 7.11 Å². The molecule has 0 radical (unpaired) electrons. The number of rotatable bonds is 8. The number of hydrogen-bond acceptors (Lipinski definition) is 4. The number of carbonyl (C=O) groups excluding carboxylic acids is 2. The second-order valence-electron chi connectivity index (χ2n) is 7.86. The van der Waals surface area contributed by atoms with E-state index in [1.807, 2.05) is 0 Å². The van der Waals surface area contributed by atoms with E-state index < -0.39 is 24.0 Å². The van der Waals surface area contributed by atoms with Crippen molar-refractivity contribution >= 4 is 23.2 Å². The van der Waals surface area contributed by atoms with Crippen LogP contribution in [0.15, 0.2) is 41.8 Å². The molecule has 0 unspecified atom stereocenters. The van der Waals surface area contributed by atoms with Crippen LogP contribution in [0.4, 0.5) is 13.2 Å². The average Bonchev–Trinajstić information content (AvgIpc) is 3.30. The highest BCUT2D eigenvalue weighted by Crippen LogP contribution is 2.31. The van der Waals surface area contributed by atoms with Gasteiger partial charge in [-0.15, -0.1) is 11.3 Å². The fraction of sp³-hybridized carbons (Fsp3) is 0.478. The molecule has 1 atom stereocenters. The van der Waals surface area contributed by atoms with Crippen LogP contribution in [0.5, 0.6) is 5.75 Å². The molecule has 0 aliphatic heterocycles. The van der Waals surface area contributed by atoms with Gasteiger partial charge in [0, 0.05) is 17.5 Å². The second-order valence-corrected chi connectivity index (χ2v) is 8.84. The quantitative estimate of drug-likeness (QED) is 0.601. The highest BCUT2D eigenvalue weighted by Gasteiger charge is 2.46. The lowest BCUT2D eigenvalue weighted by Crippen LogP contribution is -2.50. The third kappa shape index (κ3) is 6.25. The van der Waals surface area contributed by atoms with Crippen molar-refractivity contribution < 1.29 is 27.5 Å². The third-order valence-electron chi connectivity index (χ3n) is 5.63. The van der Waals surface area contributed by atoms with Crippen molar-refractivity contribution in [3.63, 3.8) is 0 Å². The Morgan fingerprint density at radius 2 is 1.84 bits per heavy atom. The third-order valence-corrected chi connectivity index (χ3v) is 6.55. The number of nitrogens with one attached hydrogen (secondary N) is 1. The van der Waals surface area contributed by atoms with E-state index in [0.717, 1.165) is 37.7 Å². The maximum Gasteiger partial charge on any atom is 0.471 e. The molecule has 2 aromatic rings. The average molecular weight is 469 g/mol. The number of hydrogen-bond donors (Lipinski definition) is 1. The number of carbonyl (C=O) groups is 2. The van der Waals surface area contributed by atoms with Crippen molar-refractivity contribution in [2.45, 2.75) is 56.8 Å². The number of amides is 2. The van der Waals surface area contributed by atoms with Crippen LogP contribution in [-0.4, -0.2) is 42.6 Å². The summed E-state index contributed by atoms with van der Waals surface area (Å²) in [4.78, 5) is 26.7. The van der Waals surface area contributed by atoms with Crippen LogP contribution in [-0.2, 0) is 16.0 Å². The number of thiophene rings is 1. The van der Waals surface area contributed by atoms with E-state index in [-0.39, 0.29) is 19.0 Å². The number of alkyl halides is 3. The van der Waals surface area contributed by atoms with E-state index in [1.54, 1.807) is 41.8 Å². The molecule has 1 saturated carbocycles. The first-order valence-electron chi connectivity index (χ1n) is 10.6. The van der Waals surface area contributed by atoms with Gasteiger partial charge < -0.3 is 15.0 Å². The molecular weight excluding hydrogens is 441 g/mol. The lowest BCUT2D eigenvalue weighted by Gasteiger charge is -2.33. The molecule has 174 valence electrons. The maximum atomic E-state index is 13.5. The largest absolute Gasteiger partial charge is 0.497 e. The zero-order valence-electron chi connectivity index (χ0n) is 17.9. The highest BCUT2D eigenvalue weighted by molar-refractivity contribution is 7.10. The molecule has 3 rings (SSSR count). The minimum atomic E-state index is -5.08. The van der Waals surface area contributed by atoms with Crippen LogP contribution in [0.3, 0.4) is 0 Å². The van der Waals surface area contributed by atoms with Gasteiger partial charge in [-0.2, -0.15) is 13.2 Å². The van der Waals surface area contributed by atoms with E-state index in [1.165, 1.54) is 18.4 Å². The van der Waals surface area contributed by atoms with Gasteiger partial charge in [-0.25, -0.2) is 0 Å². The summed E-state index contributed by atoms with van der Waals surface area (Å²) >= 11 is 1.17. The fourth-order valence-corrected chi connectivity index (χ4v) is 4.79. The van der Waals surface area contributed by atoms with E-state index >= 15 is 0 Å². The Labute approximate surface area is 189 Å². The van der Waals surface area contributed by atoms with E-state index in [4.69, 9.17) is 4.74 Å². The molecule has 1 aromatic heterocycles. The first-order chi connectivity index (χ1) is 15.3. The zero-order chi connectivity index (χ0) is 23.1. The number of halogens is 3. The van der Waals surface area contributed by atoms with Crippen molar-refractivity contribution in [3.05, 3.63) is 52.2 Å². The second kappa shape index (κ2) is 10.8. The van der Waals surface area contributed by atoms with E-state index in [9.17, 15) is 22.8 Å². The first kappa shape index (κ1) is 24.1. The van der Waals surface area contributed by atoms with Crippen molar-refractivity contribution in [2.75, 3.05) is 13.7 Å². The van der Waals surface area contributed by atoms with Crippen molar-refractivity contribution in [2.24, 2.45) is 0 Å². The Hall–Kier alpha value is -2.55. The number of methoxy groups -OCH3 is 1. The van der Waals surface area contributed by atoms with Crippen LogP contribution in [0.2, 0.25) is 0 Å². The normalized spacial score (nSPS) is 15.8. The summed E-state index contributed by atoms with van der Waals surface area (Å²) in [6.07, 6.45) is -0.301. The smallest absolute Gasteiger partial charge is 0.471 e. The molecule has 32 heavy (non-hydrogen) atoms. The lowest BCUT2D eigenvalue weighted by atomic mass is 9.95. The molecular formula is C23H27F3N2O3S. The van der Waals surface area contributed by atoms with Crippen LogP contribution < -0.4 is 10.1 Å². The van der Waals surface area contributed by atoms with Crippen LogP contribution in [0.1, 0.15) is 48.6 Å². The van der Waals surface area contributed by atoms with Crippen molar-refractivity contribution in [3.8, 4) is 5.75 Å². The van der Waals surface area contributed by atoms with E-state index in [2.05, 4.69) is 5.32 Å². The van der Waals surface area contributed by atoms with Gasteiger partial charge in [-0.3, -0.25) is 9.59 Å². The molecule has 2 amide bonds. The Kier molecular flexibility index (Phi) is 8.17. The number of nitrogens with zero attached hydrogens (tertiary/aromatic N) is 1. The molecule has 1 fully saturated rings. The van der Waals surface area contributed by atoms with Gasteiger partial charge in [-0.05, 0) is 48.4 Å². The topological polar surface area (TPSA) is 58.6 Å². The molecule has 1 aliphatic rings. The highest BCUT2D eigenvalue weighted by atomic mass is 32.1. The molecule has 1 aliphatic carbocycles. The zero-order valence-corrected chi connectivity index (χ0v) is 18.7. The van der Waals surface area contributed by atoms with Gasteiger partial charge >= 0.3 is 12.1 Å². The summed E-state index contributed by atoms with van der Waals surface area (Å²) in [6.45, 7) is -0.245. The summed E-state index contributed by atoms with van der Waals surface area (Å²) in [7, 11) is 1.52. The fourth-order valence-electron chi connectivity index (χ4n) is 3.95. The summed E-state index contributed by atoms with van der Waals surface area (Å²) in [5.41, 5.74) is 0.739. The van der Waals surface area contributed by atoms with Crippen LogP contribution in [0.25, 0.3) is 0 Å². The van der Waals surface area contributed by atoms with Gasteiger partial charge in [0.25, 0.3) is 0 Å². The molecule has 0 saturated heterocycles. The molecule has 1 N–H and O–H groups in total. The Morgan fingerprint density at radius 3 is 2.41 bits per heavy atom. The van der Waals surface area contributed by atoms with Gasteiger partial charge in [0.15, 0.2) is 0 Å².